The minimum absolute atomic E-state index is 0.0141. The van der Waals surface area contributed by atoms with Crippen molar-refractivity contribution in [1.29, 1.82) is 0 Å². The number of ether oxygens (including phenoxy) is 1. The zero-order chi connectivity index (χ0) is 24.3. The van der Waals surface area contributed by atoms with Crippen molar-refractivity contribution < 1.29 is 17.9 Å². The minimum Gasteiger partial charge on any atom is -0.493 e. The average molecular weight is 587 g/mol. The van der Waals surface area contributed by atoms with Gasteiger partial charge in [-0.1, -0.05) is 36.9 Å². The molecule has 3 aromatic rings. The monoisotopic (exact) mass is 585 g/mol. The van der Waals surface area contributed by atoms with Crippen LogP contribution in [0.3, 0.4) is 0 Å². The van der Waals surface area contributed by atoms with Gasteiger partial charge in [0.25, 0.3) is 15.9 Å². The van der Waals surface area contributed by atoms with Crippen LogP contribution >= 0.6 is 38.9 Å². The van der Waals surface area contributed by atoms with E-state index in [0.717, 1.165) is 22.6 Å². The highest BCUT2D eigenvalue weighted by atomic mass is 79.9. The number of imidazole rings is 1. The molecule has 0 unspecified atom stereocenters. The predicted molar refractivity (Wildman–Crippen MR) is 136 cm³/mol. The molecule has 0 spiro atoms. The van der Waals surface area contributed by atoms with Gasteiger partial charge in [-0.15, -0.1) is 11.3 Å². The first-order valence-corrected chi connectivity index (χ1v) is 14.5. The number of rotatable bonds is 8. The smallest absolute Gasteiger partial charge is 0.285 e. The number of nitrogens with one attached hydrogen (secondary N) is 1. The maximum absolute atomic E-state index is 12.6. The molecule has 0 atom stereocenters. The number of thiophene rings is 1. The molecule has 0 aliphatic heterocycles. The van der Waals surface area contributed by atoms with Gasteiger partial charge in [0.15, 0.2) is 0 Å². The fourth-order valence-electron chi connectivity index (χ4n) is 3.94. The number of carbonyl (C=O) groups excluding carboxylic acids is 1. The maximum Gasteiger partial charge on any atom is 0.285 e. The first-order chi connectivity index (χ1) is 16.2. The molecule has 2 aromatic heterocycles. The van der Waals surface area contributed by atoms with E-state index in [2.05, 4.69) is 25.6 Å². The van der Waals surface area contributed by atoms with Gasteiger partial charge in [-0.05, 0) is 71.4 Å². The largest absolute Gasteiger partial charge is 0.493 e. The lowest BCUT2D eigenvalue weighted by atomic mass is 9.90. The van der Waals surface area contributed by atoms with Crippen molar-refractivity contribution in [3.8, 4) is 5.75 Å². The van der Waals surface area contributed by atoms with E-state index in [4.69, 9.17) is 16.3 Å². The number of aryl methyl sites for hydroxylation is 1. The number of sulfonamides is 1. The summed E-state index contributed by atoms with van der Waals surface area (Å²) in [6, 6.07) is 8.65. The molecule has 34 heavy (non-hydrogen) atoms. The Morgan fingerprint density at radius 1 is 1.26 bits per heavy atom. The highest BCUT2D eigenvalue weighted by Gasteiger charge is 2.23. The predicted octanol–water partition coefficient (Wildman–Crippen LogP) is 5.80. The highest BCUT2D eigenvalue weighted by molar-refractivity contribution is 9.11. The Morgan fingerprint density at radius 3 is 2.71 bits per heavy atom. The number of nitrogens with zero attached hydrogens (tertiary/aromatic N) is 2. The van der Waals surface area contributed by atoms with E-state index in [1.54, 1.807) is 17.6 Å². The van der Waals surface area contributed by atoms with Gasteiger partial charge in [-0.3, -0.25) is 4.79 Å². The van der Waals surface area contributed by atoms with E-state index >= 15 is 0 Å². The summed E-state index contributed by atoms with van der Waals surface area (Å²) in [5.74, 6) is 1.13. The van der Waals surface area contributed by atoms with Crippen LogP contribution in [0.1, 0.15) is 54.0 Å². The van der Waals surface area contributed by atoms with Crippen LogP contribution < -0.4 is 9.46 Å². The lowest BCUT2D eigenvalue weighted by Gasteiger charge is -2.21. The van der Waals surface area contributed by atoms with Gasteiger partial charge in [-0.2, -0.15) is 0 Å². The van der Waals surface area contributed by atoms with Gasteiger partial charge in [0, 0.05) is 11.2 Å². The van der Waals surface area contributed by atoms with Crippen molar-refractivity contribution in [1.82, 2.24) is 14.3 Å². The highest BCUT2D eigenvalue weighted by Crippen LogP contribution is 2.28. The van der Waals surface area contributed by atoms with Gasteiger partial charge in [0.1, 0.15) is 21.5 Å². The normalized spacial score (nSPS) is 14.8. The summed E-state index contributed by atoms with van der Waals surface area (Å²) < 4.78 is 35.4. The quantitative estimate of drug-likeness (QED) is 0.361. The molecule has 1 fully saturated rings. The number of benzene rings is 1. The topological polar surface area (TPSA) is 90.3 Å². The molecule has 1 aliphatic carbocycles. The summed E-state index contributed by atoms with van der Waals surface area (Å²) in [5.41, 5.74) is 0.857. The number of hydrogen-bond acceptors (Lipinski definition) is 6. The third kappa shape index (κ3) is 6.21. The Morgan fingerprint density at radius 2 is 2.03 bits per heavy atom. The summed E-state index contributed by atoms with van der Waals surface area (Å²) in [4.78, 5) is 16.8. The summed E-state index contributed by atoms with van der Waals surface area (Å²) in [5, 5.41) is 0.561. The molecular formula is C23H25BrClN3O4S2. The van der Waals surface area contributed by atoms with Crippen molar-refractivity contribution in [3.63, 3.8) is 0 Å². The summed E-state index contributed by atoms with van der Waals surface area (Å²) in [7, 11) is -3.97. The number of amides is 1. The second-order valence-electron chi connectivity index (χ2n) is 8.36. The van der Waals surface area contributed by atoms with Crippen LogP contribution in [0.2, 0.25) is 5.02 Å². The zero-order valence-electron chi connectivity index (χ0n) is 18.6. The Kier molecular flexibility index (Phi) is 8.01. The molecule has 0 bridgehead atoms. The molecule has 0 saturated heterocycles. The number of halogens is 2. The standard InChI is InChI=1S/C23H25BrClN3O4S2/c1-15-26-20(23(29)27-34(30,31)22-10-9-21(24)33-22)13-28(15)12-17-7-8-18(11-19(17)25)32-14-16-5-3-2-4-6-16/h7-11,13,16H,2-6,12,14H2,1H3,(H,27,29). The third-order valence-electron chi connectivity index (χ3n) is 5.82. The van der Waals surface area contributed by atoms with E-state index in [1.807, 2.05) is 18.2 Å². The fraction of sp³-hybridized carbons (Fsp3) is 0.391. The summed E-state index contributed by atoms with van der Waals surface area (Å²) >= 11 is 10.7. The first-order valence-electron chi connectivity index (χ1n) is 11.0. The lowest BCUT2D eigenvalue weighted by Crippen LogP contribution is -2.30. The second kappa shape index (κ2) is 10.8. The van der Waals surface area contributed by atoms with Gasteiger partial charge in [0.2, 0.25) is 0 Å². The maximum atomic E-state index is 12.6. The van der Waals surface area contributed by atoms with E-state index in [-0.39, 0.29) is 9.90 Å². The molecule has 4 rings (SSSR count). The van der Waals surface area contributed by atoms with Crippen LogP contribution in [0.5, 0.6) is 5.75 Å². The van der Waals surface area contributed by atoms with E-state index in [9.17, 15) is 13.2 Å². The van der Waals surface area contributed by atoms with Crippen molar-refractivity contribution in [2.75, 3.05) is 6.61 Å². The fourth-order valence-corrected chi connectivity index (χ4v) is 7.14. The van der Waals surface area contributed by atoms with Gasteiger partial charge < -0.3 is 9.30 Å². The van der Waals surface area contributed by atoms with Gasteiger partial charge >= 0.3 is 0 Å². The molecule has 7 nitrogen and oxygen atoms in total. The molecule has 1 aromatic carbocycles. The molecule has 0 radical (unpaired) electrons. The van der Waals surface area contributed by atoms with E-state index in [1.165, 1.54) is 44.4 Å². The Hall–Kier alpha value is -1.88. The second-order valence-corrected chi connectivity index (χ2v) is 13.1. The van der Waals surface area contributed by atoms with E-state index in [0.29, 0.717) is 33.7 Å². The molecule has 1 saturated carbocycles. The van der Waals surface area contributed by atoms with Crippen molar-refractivity contribution in [2.24, 2.45) is 5.92 Å². The average Bonchev–Trinajstić information content (AvgIpc) is 3.41. The van der Waals surface area contributed by atoms with Crippen molar-refractivity contribution in [2.45, 2.75) is 49.8 Å². The number of hydrogen-bond donors (Lipinski definition) is 1. The minimum atomic E-state index is -3.97. The van der Waals surface area contributed by atoms with Crippen molar-refractivity contribution in [3.05, 3.63) is 62.4 Å². The van der Waals surface area contributed by atoms with Crippen LogP contribution in [0.15, 0.2) is 44.5 Å². The molecule has 2 heterocycles. The number of carbonyl (C=O) groups is 1. The Labute approximate surface area is 216 Å². The summed E-state index contributed by atoms with van der Waals surface area (Å²) in [6.45, 7) is 2.84. The van der Waals surface area contributed by atoms with Gasteiger partial charge in [0.05, 0.1) is 16.9 Å². The molecular weight excluding hydrogens is 562 g/mol. The van der Waals surface area contributed by atoms with Crippen LogP contribution in [-0.4, -0.2) is 30.5 Å². The molecule has 1 aliphatic rings. The molecule has 1 N–H and O–H groups in total. The zero-order valence-corrected chi connectivity index (χ0v) is 22.6. The molecule has 182 valence electrons. The lowest BCUT2D eigenvalue weighted by molar-refractivity contribution is 0.0977. The van der Waals surface area contributed by atoms with Crippen LogP contribution in [-0.2, 0) is 16.6 Å². The first kappa shape index (κ1) is 25.2. The molecule has 1 amide bonds. The van der Waals surface area contributed by atoms with Gasteiger partial charge in [-0.25, -0.2) is 18.1 Å². The SMILES string of the molecule is Cc1nc(C(=O)NS(=O)(=O)c2ccc(Br)s2)cn1Cc1ccc(OCC2CCCCC2)cc1Cl. The molecule has 11 heteroatoms. The summed E-state index contributed by atoms with van der Waals surface area (Å²) in [6.07, 6.45) is 7.82. The van der Waals surface area contributed by atoms with Crippen molar-refractivity contribution >= 4 is 54.8 Å². The van der Waals surface area contributed by atoms with E-state index < -0.39 is 15.9 Å². The number of aromatic nitrogens is 2. The van der Waals surface area contributed by atoms with Crippen LogP contribution in [0, 0.1) is 12.8 Å². The Balaban J connectivity index is 1.40. The van der Waals surface area contributed by atoms with Crippen LogP contribution in [0.4, 0.5) is 0 Å². The van der Waals surface area contributed by atoms with Crippen LogP contribution in [0.25, 0.3) is 0 Å². The third-order valence-corrected chi connectivity index (χ3v) is 9.62. The Bertz CT molecular complexity index is 1280.